The Bertz CT molecular complexity index is 1190. The Morgan fingerprint density at radius 2 is 2.10 bits per heavy atom. The van der Waals surface area contributed by atoms with Gasteiger partial charge in [-0.1, -0.05) is 23.1 Å². The van der Waals surface area contributed by atoms with Gasteiger partial charge in [0.15, 0.2) is 0 Å². The van der Waals surface area contributed by atoms with Gasteiger partial charge < -0.3 is 4.42 Å². The molecule has 0 aromatic carbocycles. The zero-order chi connectivity index (χ0) is 22.2. The topological polar surface area (TPSA) is 123 Å². The van der Waals surface area contributed by atoms with Gasteiger partial charge in [-0.3, -0.25) is 14.8 Å². The maximum atomic E-state index is 13.0. The molecule has 3 aromatic heterocycles. The van der Waals surface area contributed by atoms with Gasteiger partial charge in [0.2, 0.25) is 5.91 Å². The predicted molar refractivity (Wildman–Crippen MR) is 115 cm³/mol. The SMILES string of the molecule is CC(C)n1ccc(-c2nnc(NC(=O)C3CCCCN3S(=O)(=O)c3ccc(Cl)s3)o2)n1. The number of nitrogens with one attached hydrogen (secondary N) is 1. The number of halogens is 1. The highest BCUT2D eigenvalue weighted by atomic mass is 35.5. The number of anilines is 1. The predicted octanol–water partition coefficient (Wildman–Crippen LogP) is 3.41. The Balaban J connectivity index is 1.51. The molecule has 4 heterocycles. The van der Waals surface area contributed by atoms with Crippen LogP contribution >= 0.6 is 22.9 Å². The Hall–Kier alpha value is -2.28. The monoisotopic (exact) mass is 484 g/mol. The molecule has 4 rings (SSSR count). The zero-order valence-electron chi connectivity index (χ0n) is 16.9. The summed E-state index contributed by atoms with van der Waals surface area (Å²) in [5.41, 5.74) is 0.484. The molecule has 1 aliphatic rings. The van der Waals surface area contributed by atoms with Crippen molar-refractivity contribution in [2.45, 2.75) is 49.4 Å². The van der Waals surface area contributed by atoms with E-state index >= 15 is 0 Å². The Labute approximate surface area is 188 Å². The van der Waals surface area contributed by atoms with Gasteiger partial charge in [0.05, 0.1) is 4.34 Å². The van der Waals surface area contributed by atoms with Crippen LogP contribution in [0.5, 0.6) is 0 Å². The number of amides is 1. The third kappa shape index (κ3) is 4.52. The van der Waals surface area contributed by atoms with E-state index in [2.05, 4.69) is 20.6 Å². The first-order chi connectivity index (χ1) is 14.8. The molecule has 0 aliphatic carbocycles. The zero-order valence-corrected chi connectivity index (χ0v) is 19.2. The maximum Gasteiger partial charge on any atom is 0.322 e. The van der Waals surface area contributed by atoms with E-state index in [0.717, 1.165) is 17.8 Å². The third-order valence-corrected chi connectivity index (χ3v) is 8.49. The molecule has 1 atom stereocenters. The molecule has 1 fully saturated rings. The third-order valence-electron chi connectivity index (χ3n) is 4.88. The summed E-state index contributed by atoms with van der Waals surface area (Å²) < 4.78 is 35.1. The van der Waals surface area contributed by atoms with E-state index < -0.39 is 22.0 Å². The van der Waals surface area contributed by atoms with Crippen molar-refractivity contribution in [2.24, 2.45) is 0 Å². The Kier molecular flexibility index (Phi) is 6.15. The van der Waals surface area contributed by atoms with E-state index in [1.54, 1.807) is 16.9 Å². The first-order valence-electron chi connectivity index (χ1n) is 9.73. The lowest BCUT2D eigenvalue weighted by Gasteiger charge is -2.32. The quantitative estimate of drug-likeness (QED) is 0.568. The van der Waals surface area contributed by atoms with E-state index in [1.807, 2.05) is 13.8 Å². The summed E-state index contributed by atoms with van der Waals surface area (Å²) in [7, 11) is -3.84. The number of thiophene rings is 1. The van der Waals surface area contributed by atoms with Crippen LogP contribution in [0, 0.1) is 0 Å². The molecule has 1 amide bonds. The number of carbonyl (C=O) groups excluding carboxylic acids is 1. The molecule has 0 saturated carbocycles. The fourth-order valence-electron chi connectivity index (χ4n) is 3.31. The molecule has 0 bridgehead atoms. The normalized spacial score (nSPS) is 17.9. The van der Waals surface area contributed by atoms with E-state index in [-0.39, 0.29) is 28.7 Å². The second-order valence-corrected chi connectivity index (χ2v) is 11.2. The summed E-state index contributed by atoms with van der Waals surface area (Å²) >= 11 is 6.87. The second-order valence-electron chi connectivity index (χ2n) is 7.36. The summed E-state index contributed by atoms with van der Waals surface area (Å²) in [5.74, 6) is -0.357. The summed E-state index contributed by atoms with van der Waals surface area (Å²) in [6.07, 6.45) is 3.59. The van der Waals surface area contributed by atoms with Crippen molar-refractivity contribution < 1.29 is 17.6 Å². The fraction of sp³-hybridized carbons (Fsp3) is 0.444. The molecule has 166 valence electrons. The van der Waals surface area contributed by atoms with Crippen molar-refractivity contribution in [3.63, 3.8) is 0 Å². The van der Waals surface area contributed by atoms with E-state index in [9.17, 15) is 13.2 Å². The number of hydrogen-bond donors (Lipinski definition) is 1. The van der Waals surface area contributed by atoms with E-state index in [1.165, 1.54) is 16.4 Å². The van der Waals surface area contributed by atoms with Crippen molar-refractivity contribution in [1.29, 1.82) is 0 Å². The molecule has 1 aliphatic heterocycles. The molecule has 31 heavy (non-hydrogen) atoms. The molecule has 13 heteroatoms. The van der Waals surface area contributed by atoms with Crippen LogP contribution in [0.4, 0.5) is 6.01 Å². The Morgan fingerprint density at radius 1 is 1.29 bits per heavy atom. The molecule has 1 N–H and O–H groups in total. The first kappa shape index (κ1) is 21.9. The van der Waals surface area contributed by atoms with Gasteiger partial charge >= 0.3 is 6.01 Å². The first-order valence-corrected chi connectivity index (χ1v) is 12.4. The minimum atomic E-state index is -3.84. The molecule has 1 unspecified atom stereocenters. The molecule has 3 aromatic rings. The maximum absolute atomic E-state index is 13.0. The van der Waals surface area contributed by atoms with Crippen molar-refractivity contribution >= 4 is 44.9 Å². The van der Waals surface area contributed by atoms with Crippen molar-refractivity contribution in [3.05, 3.63) is 28.7 Å². The average molecular weight is 485 g/mol. The lowest BCUT2D eigenvalue weighted by Crippen LogP contribution is -2.49. The van der Waals surface area contributed by atoms with Crippen LogP contribution in [-0.4, -0.2) is 51.2 Å². The van der Waals surface area contributed by atoms with Crippen LogP contribution in [0.15, 0.2) is 33.0 Å². The summed E-state index contributed by atoms with van der Waals surface area (Å²) in [6, 6.07) is 3.90. The van der Waals surface area contributed by atoms with Gasteiger partial charge in [0.1, 0.15) is 15.9 Å². The summed E-state index contributed by atoms with van der Waals surface area (Å²) in [5, 5.41) is 14.7. The number of hydrogen-bond acceptors (Lipinski definition) is 8. The van der Waals surface area contributed by atoms with Crippen molar-refractivity contribution in [2.75, 3.05) is 11.9 Å². The van der Waals surface area contributed by atoms with Crippen molar-refractivity contribution in [1.82, 2.24) is 24.3 Å². The fourth-order valence-corrected chi connectivity index (χ4v) is 6.58. The highest BCUT2D eigenvalue weighted by Crippen LogP contribution is 2.32. The van der Waals surface area contributed by atoms with Gasteiger partial charge in [-0.15, -0.1) is 16.4 Å². The number of aromatic nitrogens is 4. The molecular weight excluding hydrogens is 464 g/mol. The number of nitrogens with zero attached hydrogens (tertiary/aromatic N) is 5. The van der Waals surface area contributed by atoms with Crippen LogP contribution in [0.2, 0.25) is 4.34 Å². The highest BCUT2D eigenvalue weighted by molar-refractivity contribution is 7.91. The number of sulfonamides is 1. The van der Waals surface area contributed by atoms with E-state index in [4.69, 9.17) is 16.0 Å². The molecule has 0 radical (unpaired) electrons. The second kappa shape index (κ2) is 8.69. The smallest absolute Gasteiger partial charge is 0.322 e. The van der Waals surface area contributed by atoms with Gasteiger partial charge in [-0.05, 0) is 44.9 Å². The van der Waals surface area contributed by atoms with Gasteiger partial charge in [-0.2, -0.15) is 9.40 Å². The molecule has 1 saturated heterocycles. The summed E-state index contributed by atoms with van der Waals surface area (Å²) in [4.78, 5) is 12.9. The number of carbonyl (C=O) groups is 1. The molecule has 0 spiro atoms. The largest absolute Gasteiger partial charge is 0.401 e. The van der Waals surface area contributed by atoms with Crippen LogP contribution < -0.4 is 5.32 Å². The Morgan fingerprint density at radius 3 is 2.77 bits per heavy atom. The van der Waals surface area contributed by atoms with Crippen molar-refractivity contribution in [3.8, 4) is 11.6 Å². The molecule has 10 nitrogen and oxygen atoms in total. The van der Waals surface area contributed by atoms with Crippen LogP contribution in [0.1, 0.15) is 39.2 Å². The average Bonchev–Trinajstić information content (AvgIpc) is 3.48. The minimum absolute atomic E-state index is 0.109. The van der Waals surface area contributed by atoms with Crippen LogP contribution in [-0.2, 0) is 14.8 Å². The lowest BCUT2D eigenvalue weighted by molar-refractivity contribution is -0.120. The standard InChI is InChI=1S/C18H21ClN6O4S2/c1-11(2)24-10-8-12(23-24)17-21-22-18(29-17)20-16(26)13-5-3-4-9-25(13)31(27,28)15-7-6-14(19)30-15/h6-8,10-11,13H,3-5,9H2,1-2H3,(H,20,22,26). The lowest BCUT2D eigenvalue weighted by atomic mass is 10.0. The summed E-state index contributed by atoms with van der Waals surface area (Å²) in [6.45, 7) is 4.23. The van der Waals surface area contributed by atoms with Gasteiger partial charge in [0, 0.05) is 18.8 Å². The minimum Gasteiger partial charge on any atom is -0.401 e. The van der Waals surface area contributed by atoms with Gasteiger partial charge in [-0.25, -0.2) is 8.42 Å². The highest BCUT2D eigenvalue weighted by Gasteiger charge is 2.38. The van der Waals surface area contributed by atoms with E-state index in [0.29, 0.717) is 22.9 Å². The number of rotatable bonds is 6. The van der Waals surface area contributed by atoms with Crippen LogP contribution in [0.3, 0.4) is 0 Å². The number of piperidine rings is 1. The van der Waals surface area contributed by atoms with Crippen LogP contribution in [0.25, 0.3) is 11.6 Å². The van der Waals surface area contributed by atoms with Gasteiger partial charge in [0.25, 0.3) is 15.9 Å². The molecular formula is C18H21ClN6O4S2.